The Hall–Kier alpha value is -3.73. The number of hydrogen-bond donors (Lipinski definition) is 1. The number of benzene rings is 1. The molecule has 10 nitrogen and oxygen atoms in total. The van der Waals surface area contributed by atoms with E-state index in [1.165, 1.54) is 6.26 Å². The molecule has 0 amide bonds. The number of hydrogen-bond acceptors (Lipinski definition) is 9. The van der Waals surface area contributed by atoms with Crippen molar-refractivity contribution in [3.8, 4) is 11.4 Å². The summed E-state index contributed by atoms with van der Waals surface area (Å²) in [4.78, 5) is 36.4. The first-order valence-electron chi connectivity index (χ1n) is 11.8. The van der Waals surface area contributed by atoms with Gasteiger partial charge in [-0.2, -0.15) is 0 Å². The number of nitrogens with one attached hydrogen (secondary N) is 1. The van der Waals surface area contributed by atoms with E-state index in [-0.39, 0.29) is 22.3 Å². The average Bonchev–Trinajstić information content (AvgIpc) is 3.67. The van der Waals surface area contributed by atoms with Crippen LogP contribution >= 0.6 is 0 Å². The number of nitrogens with zero attached hydrogens (tertiary/aromatic N) is 6. The summed E-state index contributed by atoms with van der Waals surface area (Å²) >= 11 is 0. The Balaban J connectivity index is 1.53. The van der Waals surface area contributed by atoms with Gasteiger partial charge in [-0.15, -0.1) is 0 Å². The zero-order valence-corrected chi connectivity index (χ0v) is 21.4. The fraction of sp³-hybridized carbons (Fsp3) is 0.360. The van der Waals surface area contributed by atoms with Crippen LogP contribution in [0.2, 0.25) is 0 Å². The number of rotatable bonds is 7. The van der Waals surface area contributed by atoms with Gasteiger partial charge in [-0.05, 0) is 51.3 Å². The number of aryl methyl sites for hydroxylation is 1. The molecule has 0 saturated heterocycles. The predicted octanol–water partition coefficient (Wildman–Crippen LogP) is 3.43. The molecule has 1 N–H and O–H groups in total. The van der Waals surface area contributed by atoms with E-state index >= 15 is 0 Å². The fourth-order valence-corrected chi connectivity index (χ4v) is 4.82. The molecule has 0 aliphatic heterocycles. The molecule has 0 atom stereocenters. The summed E-state index contributed by atoms with van der Waals surface area (Å²) in [7, 11) is -3.27. The van der Waals surface area contributed by atoms with Crippen LogP contribution in [0.15, 0.2) is 46.5 Å². The van der Waals surface area contributed by atoms with Crippen molar-refractivity contribution >= 4 is 26.8 Å². The van der Waals surface area contributed by atoms with E-state index in [2.05, 4.69) is 25.3 Å². The van der Waals surface area contributed by atoms with Crippen LogP contribution < -0.4 is 10.9 Å². The van der Waals surface area contributed by atoms with Gasteiger partial charge in [0.2, 0.25) is 0 Å². The van der Waals surface area contributed by atoms with Crippen LogP contribution in [0.4, 0.5) is 5.82 Å². The summed E-state index contributed by atoms with van der Waals surface area (Å²) in [6.07, 6.45) is 6.54. The highest BCUT2D eigenvalue weighted by Gasteiger charge is 2.30. The lowest BCUT2D eigenvalue weighted by Gasteiger charge is -2.16. The van der Waals surface area contributed by atoms with E-state index in [1.807, 2.05) is 20.8 Å². The lowest BCUT2D eigenvalue weighted by molar-refractivity contribution is 0.593. The highest BCUT2D eigenvalue weighted by atomic mass is 32.2. The molecular weight excluding hydrogens is 478 g/mol. The third-order valence-electron chi connectivity index (χ3n) is 6.21. The highest BCUT2D eigenvalue weighted by molar-refractivity contribution is 7.90. The van der Waals surface area contributed by atoms with Crippen LogP contribution in [-0.2, 0) is 16.4 Å². The minimum atomic E-state index is -3.27. The summed E-state index contributed by atoms with van der Waals surface area (Å²) in [5, 5.41) is 3.09. The minimum Gasteiger partial charge on any atom is -0.361 e. The van der Waals surface area contributed by atoms with Gasteiger partial charge in [0.1, 0.15) is 11.8 Å². The molecule has 4 aromatic rings. The first-order chi connectivity index (χ1) is 17.1. The largest absolute Gasteiger partial charge is 0.361 e. The van der Waals surface area contributed by atoms with Crippen molar-refractivity contribution in [2.45, 2.75) is 57.0 Å². The van der Waals surface area contributed by atoms with Crippen LogP contribution in [0.5, 0.6) is 0 Å². The van der Waals surface area contributed by atoms with Crippen LogP contribution in [0, 0.1) is 6.92 Å². The predicted molar refractivity (Wildman–Crippen MR) is 137 cm³/mol. The number of fused-ring (bicyclic) bond motifs is 1. The Morgan fingerprint density at radius 3 is 2.44 bits per heavy atom. The molecule has 0 radical (unpaired) electrons. The SMILES string of the molecule is Cc1ncnc(C2CC2)c1-c1ncc2nc(NCc3ccc(S(C)(=O)=O)cc3)c(=O)n(C(C)C)c2n1. The molecule has 1 aliphatic rings. The van der Waals surface area contributed by atoms with Crippen molar-refractivity contribution < 1.29 is 8.42 Å². The monoisotopic (exact) mass is 505 g/mol. The maximum Gasteiger partial charge on any atom is 0.295 e. The van der Waals surface area contributed by atoms with Crippen molar-refractivity contribution in [1.29, 1.82) is 0 Å². The summed E-state index contributed by atoms with van der Waals surface area (Å²) in [5.41, 5.74) is 4.05. The normalized spacial score (nSPS) is 13.9. The van der Waals surface area contributed by atoms with Gasteiger partial charge in [-0.25, -0.2) is 33.3 Å². The van der Waals surface area contributed by atoms with Crippen molar-refractivity contribution in [3.05, 3.63) is 64.1 Å². The third kappa shape index (κ3) is 4.58. The van der Waals surface area contributed by atoms with E-state index in [1.54, 1.807) is 41.4 Å². The molecule has 3 aromatic heterocycles. The Kier molecular flexibility index (Phi) is 6.03. The molecule has 0 unspecified atom stereocenters. The fourth-order valence-electron chi connectivity index (χ4n) is 4.19. The number of aromatic nitrogens is 6. The van der Waals surface area contributed by atoms with Gasteiger partial charge in [0.15, 0.2) is 27.1 Å². The topological polar surface area (TPSA) is 133 Å². The Morgan fingerprint density at radius 2 is 1.81 bits per heavy atom. The van der Waals surface area contributed by atoms with E-state index in [4.69, 9.17) is 4.98 Å². The van der Waals surface area contributed by atoms with Gasteiger partial charge in [0, 0.05) is 24.8 Å². The molecule has 11 heteroatoms. The van der Waals surface area contributed by atoms with Gasteiger partial charge >= 0.3 is 0 Å². The van der Waals surface area contributed by atoms with Gasteiger partial charge in [-0.1, -0.05) is 12.1 Å². The first-order valence-corrected chi connectivity index (χ1v) is 13.7. The molecule has 1 saturated carbocycles. The lowest BCUT2D eigenvalue weighted by atomic mass is 10.1. The summed E-state index contributed by atoms with van der Waals surface area (Å²) in [6.45, 7) is 6.06. The lowest BCUT2D eigenvalue weighted by Crippen LogP contribution is -2.27. The van der Waals surface area contributed by atoms with Crippen LogP contribution in [-0.4, -0.2) is 44.2 Å². The van der Waals surface area contributed by atoms with Crippen molar-refractivity contribution in [2.75, 3.05) is 11.6 Å². The standard InChI is InChI=1S/C25H27N7O3S/c1-14(2)32-24-19(12-27-22(31-24)20-15(3)28-13-29-21(20)17-7-8-17)30-23(25(32)33)26-11-16-5-9-18(10-6-16)36(4,34)35/h5-6,9-10,12-14,17H,7-8,11H2,1-4H3,(H,26,30). The summed E-state index contributed by atoms with van der Waals surface area (Å²) in [5.74, 6) is 1.06. The zero-order valence-electron chi connectivity index (χ0n) is 20.6. The van der Waals surface area contributed by atoms with Crippen LogP contribution in [0.3, 0.4) is 0 Å². The van der Waals surface area contributed by atoms with E-state index < -0.39 is 9.84 Å². The molecule has 1 fully saturated rings. The second-order valence-corrected chi connectivity index (χ2v) is 11.4. The minimum absolute atomic E-state index is 0.170. The molecule has 186 valence electrons. The van der Waals surface area contributed by atoms with E-state index in [0.29, 0.717) is 29.5 Å². The van der Waals surface area contributed by atoms with Gasteiger partial charge in [0.05, 0.1) is 28.0 Å². The van der Waals surface area contributed by atoms with Crippen molar-refractivity contribution in [1.82, 2.24) is 29.5 Å². The van der Waals surface area contributed by atoms with Gasteiger partial charge < -0.3 is 5.32 Å². The zero-order chi connectivity index (χ0) is 25.6. The number of anilines is 1. The van der Waals surface area contributed by atoms with Crippen LogP contribution in [0.25, 0.3) is 22.6 Å². The molecule has 1 aliphatic carbocycles. The molecular formula is C25H27N7O3S. The quantitative estimate of drug-likeness (QED) is 0.401. The summed E-state index contributed by atoms with van der Waals surface area (Å²) in [6, 6.07) is 6.35. The van der Waals surface area contributed by atoms with Crippen molar-refractivity contribution in [3.63, 3.8) is 0 Å². The Morgan fingerprint density at radius 1 is 1.08 bits per heavy atom. The average molecular weight is 506 g/mol. The Bertz CT molecular complexity index is 1630. The maximum absolute atomic E-state index is 13.4. The molecule has 1 aromatic carbocycles. The Labute approximate surface area is 208 Å². The van der Waals surface area contributed by atoms with Gasteiger partial charge in [0.25, 0.3) is 5.56 Å². The maximum atomic E-state index is 13.4. The second kappa shape index (κ2) is 9.05. The van der Waals surface area contributed by atoms with E-state index in [0.717, 1.165) is 35.4 Å². The van der Waals surface area contributed by atoms with Crippen LogP contribution in [0.1, 0.15) is 55.6 Å². The van der Waals surface area contributed by atoms with Gasteiger partial charge in [-0.3, -0.25) is 9.36 Å². The summed E-state index contributed by atoms with van der Waals surface area (Å²) < 4.78 is 25.0. The first kappa shape index (κ1) is 24.0. The molecule has 36 heavy (non-hydrogen) atoms. The molecule has 5 rings (SSSR count). The van der Waals surface area contributed by atoms with Crippen molar-refractivity contribution in [2.24, 2.45) is 0 Å². The molecule has 0 bridgehead atoms. The third-order valence-corrected chi connectivity index (χ3v) is 7.34. The highest BCUT2D eigenvalue weighted by Crippen LogP contribution is 2.43. The van der Waals surface area contributed by atoms with E-state index in [9.17, 15) is 13.2 Å². The smallest absolute Gasteiger partial charge is 0.295 e. The molecule has 3 heterocycles. The molecule has 0 spiro atoms. The number of sulfone groups is 1. The second-order valence-electron chi connectivity index (χ2n) is 9.40.